The number of hydrogen-bond donors (Lipinski definition) is 2. The summed E-state index contributed by atoms with van der Waals surface area (Å²) < 4.78 is 5.46. The van der Waals surface area contributed by atoms with E-state index >= 15 is 0 Å². The fourth-order valence-electron chi connectivity index (χ4n) is 2.98. The number of hydrogen-bond acceptors (Lipinski definition) is 3. The van der Waals surface area contributed by atoms with Crippen molar-refractivity contribution in [2.45, 2.75) is 44.3 Å². The SMILES string of the molecule is CC(OC(N)=O)(c1ccccc1)C1CCC(O)CC1. The van der Waals surface area contributed by atoms with Crippen LogP contribution in [0.25, 0.3) is 0 Å². The van der Waals surface area contributed by atoms with Gasteiger partial charge in [-0.2, -0.15) is 0 Å². The van der Waals surface area contributed by atoms with Crippen molar-refractivity contribution in [2.75, 3.05) is 0 Å². The van der Waals surface area contributed by atoms with Gasteiger partial charge in [0.2, 0.25) is 0 Å². The van der Waals surface area contributed by atoms with E-state index in [1.54, 1.807) is 0 Å². The van der Waals surface area contributed by atoms with Crippen LogP contribution in [0.5, 0.6) is 0 Å². The average molecular weight is 263 g/mol. The highest BCUT2D eigenvalue weighted by Gasteiger charge is 2.40. The highest BCUT2D eigenvalue weighted by atomic mass is 16.6. The van der Waals surface area contributed by atoms with E-state index in [4.69, 9.17) is 10.5 Å². The second-order valence-corrected chi connectivity index (χ2v) is 5.40. The summed E-state index contributed by atoms with van der Waals surface area (Å²) in [6, 6.07) is 9.69. The second-order valence-electron chi connectivity index (χ2n) is 5.40. The van der Waals surface area contributed by atoms with Crippen LogP contribution in [0.2, 0.25) is 0 Å². The first kappa shape index (κ1) is 13.9. The molecule has 0 bridgehead atoms. The molecule has 1 amide bonds. The van der Waals surface area contributed by atoms with Gasteiger partial charge < -0.3 is 15.6 Å². The molecule has 4 nitrogen and oxygen atoms in total. The summed E-state index contributed by atoms with van der Waals surface area (Å²) in [6.07, 6.45) is 2.17. The van der Waals surface area contributed by atoms with Crippen LogP contribution in [-0.4, -0.2) is 17.3 Å². The Balaban J connectivity index is 2.27. The van der Waals surface area contributed by atoms with Crippen molar-refractivity contribution in [3.8, 4) is 0 Å². The third-order valence-corrected chi connectivity index (χ3v) is 4.14. The predicted molar refractivity (Wildman–Crippen MR) is 72.4 cm³/mol. The van der Waals surface area contributed by atoms with Crippen LogP contribution in [0.1, 0.15) is 38.2 Å². The van der Waals surface area contributed by atoms with E-state index < -0.39 is 11.7 Å². The van der Waals surface area contributed by atoms with Gasteiger partial charge in [-0.25, -0.2) is 4.79 Å². The number of aliphatic hydroxyl groups is 1. The molecular weight excluding hydrogens is 242 g/mol. The van der Waals surface area contributed by atoms with Gasteiger partial charge in [-0.15, -0.1) is 0 Å². The molecule has 4 heteroatoms. The lowest BCUT2D eigenvalue weighted by Crippen LogP contribution is -2.41. The Morgan fingerprint density at radius 2 is 1.84 bits per heavy atom. The first-order valence-electron chi connectivity index (χ1n) is 6.74. The van der Waals surface area contributed by atoms with E-state index in [1.165, 1.54) is 0 Å². The number of carbonyl (C=O) groups is 1. The normalized spacial score (nSPS) is 26.4. The zero-order chi connectivity index (χ0) is 13.9. The first-order chi connectivity index (χ1) is 9.02. The maximum atomic E-state index is 11.2. The summed E-state index contributed by atoms with van der Waals surface area (Å²) in [5, 5.41) is 9.61. The second kappa shape index (κ2) is 5.61. The van der Waals surface area contributed by atoms with E-state index in [2.05, 4.69) is 0 Å². The number of benzene rings is 1. The third kappa shape index (κ3) is 3.07. The standard InChI is InChI=1S/C15H21NO3/c1-15(19-14(16)18,11-5-3-2-4-6-11)12-7-9-13(17)10-8-12/h2-6,12-13,17H,7-10H2,1H3,(H2,16,18). The molecule has 1 saturated carbocycles. The molecule has 2 rings (SSSR count). The van der Waals surface area contributed by atoms with Gasteiger partial charge in [-0.05, 0) is 38.2 Å². The molecule has 1 aliphatic carbocycles. The average Bonchev–Trinajstić information content (AvgIpc) is 2.39. The van der Waals surface area contributed by atoms with Gasteiger partial charge in [0.15, 0.2) is 0 Å². The summed E-state index contributed by atoms with van der Waals surface area (Å²) in [6.45, 7) is 1.91. The van der Waals surface area contributed by atoms with Gasteiger partial charge in [-0.3, -0.25) is 0 Å². The van der Waals surface area contributed by atoms with Crippen molar-refractivity contribution in [1.82, 2.24) is 0 Å². The number of amides is 1. The summed E-state index contributed by atoms with van der Waals surface area (Å²) in [4.78, 5) is 11.2. The van der Waals surface area contributed by atoms with Gasteiger partial charge in [0.25, 0.3) is 0 Å². The molecule has 1 aromatic rings. The highest BCUT2D eigenvalue weighted by Crippen LogP contribution is 2.41. The maximum Gasteiger partial charge on any atom is 0.405 e. The monoisotopic (exact) mass is 263 g/mol. The van der Waals surface area contributed by atoms with Gasteiger partial charge in [0.1, 0.15) is 5.60 Å². The molecule has 1 aromatic carbocycles. The smallest absolute Gasteiger partial charge is 0.405 e. The van der Waals surface area contributed by atoms with Crippen LogP contribution in [-0.2, 0) is 10.3 Å². The number of rotatable bonds is 3. The Morgan fingerprint density at radius 1 is 1.26 bits per heavy atom. The van der Waals surface area contributed by atoms with Crippen molar-refractivity contribution < 1.29 is 14.6 Å². The molecule has 1 atom stereocenters. The third-order valence-electron chi connectivity index (χ3n) is 4.14. The lowest BCUT2D eigenvalue weighted by Gasteiger charge is -2.40. The molecule has 1 fully saturated rings. The first-order valence-corrected chi connectivity index (χ1v) is 6.74. The van der Waals surface area contributed by atoms with E-state index in [-0.39, 0.29) is 12.0 Å². The minimum Gasteiger partial charge on any atom is -0.438 e. The summed E-state index contributed by atoms with van der Waals surface area (Å²) in [5.74, 6) is 0.186. The lowest BCUT2D eigenvalue weighted by molar-refractivity contribution is -0.0465. The quantitative estimate of drug-likeness (QED) is 0.880. The van der Waals surface area contributed by atoms with Crippen LogP contribution < -0.4 is 5.73 Å². The number of aliphatic hydroxyl groups excluding tert-OH is 1. The van der Waals surface area contributed by atoms with Crippen LogP contribution in [0, 0.1) is 5.92 Å². The largest absolute Gasteiger partial charge is 0.438 e. The Morgan fingerprint density at radius 3 is 2.37 bits per heavy atom. The number of ether oxygens (including phenoxy) is 1. The molecule has 0 heterocycles. The van der Waals surface area contributed by atoms with Gasteiger partial charge >= 0.3 is 6.09 Å². The zero-order valence-electron chi connectivity index (χ0n) is 11.2. The van der Waals surface area contributed by atoms with E-state index in [0.717, 1.165) is 31.2 Å². The van der Waals surface area contributed by atoms with E-state index in [1.807, 2.05) is 37.3 Å². The van der Waals surface area contributed by atoms with Gasteiger partial charge in [-0.1, -0.05) is 30.3 Å². The molecule has 0 aliphatic heterocycles. The fourth-order valence-corrected chi connectivity index (χ4v) is 2.98. The van der Waals surface area contributed by atoms with Crippen LogP contribution in [0.15, 0.2) is 30.3 Å². The zero-order valence-corrected chi connectivity index (χ0v) is 11.2. The molecule has 19 heavy (non-hydrogen) atoms. The number of carbonyl (C=O) groups excluding carboxylic acids is 1. The topological polar surface area (TPSA) is 72.5 Å². The molecule has 1 aliphatic rings. The number of nitrogens with two attached hydrogens (primary N) is 1. The van der Waals surface area contributed by atoms with Crippen molar-refractivity contribution in [2.24, 2.45) is 11.7 Å². The minimum atomic E-state index is -0.752. The molecule has 0 aromatic heterocycles. The molecule has 3 N–H and O–H groups in total. The van der Waals surface area contributed by atoms with Crippen molar-refractivity contribution >= 4 is 6.09 Å². The summed E-state index contributed by atoms with van der Waals surface area (Å²) in [5.41, 5.74) is 5.48. The van der Waals surface area contributed by atoms with Crippen molar-refractivity contribution in [1.29, 1.82) is 0 Å². The Hall–Kier alpha value is -1.55. The molecule has 1 unspecified atom stereocenters. The van der Waals surface area contributed by atoms with Crippen LogP contribution >= 0.6 is 0 Å². The lowest BCUT2D eigenvalue weighted by atomic mass is 9.73. The molecule has 0 spiro atoms. The summed E-state index contributed by atoms with van der Waals surface area (Å²) >= 11 is 0. The molecule has 0 radical (unpaired) electrons. The van der Waals surface area contributed by atoms with E-state index in [9.17, 15) is 9.90 Å². The fraction of sp³-hybridized carbons (Fsp3) is 0.533. The van der Waals surface area contributed by atoms with Gasteiger partial charge in [0, 0.05) is 5.92 Å². The number of primary amides is 1. The Labute approximate surface area is 113 Å². The Kier molecular flexibility index (Phi) is 4.10. The molecule has 104 valence electrons. The van der Waals surface area contributed by atoms with E-state index in [0.29, 0.717) is 0 Å². The molecule has 0 saturated heterocycles. The Bertz CT molecular complexity index is 426. The highest BCUT2D eigenvalue weighted by molar-refractivity contribution is 5.65. The van der Waals surface area contributed by atoms with Crippen LogP contribution in [0.4, 0.5) is 4.79 Å². The van der Waals surface area contributed by atoms with Gasteiger partial charge in [0.05, 0.1) is 6.10 Å². The van der Waals surface area contributed by atoms with Crippen molar-refractivity contribution in [3.05, 3.63) is 35.9 Å². The predicted octanol–water partition coefficient (Wildman–Crippen LogP) is 2.55. The molecular formula is C15H21NO3. The summed E-state index contributed by atoms with van der Waals surface area (Å²) in [7, 11) is 0. The van der Waals surface area contributed by atoms with Crippen molar-refractivity contribution in [3.63, 3.8) is 0 Å². The van der Waals surface area contributed by atoms with Crippen LogP contribution in [0.3, 0.4) is 0 Å². The minimum absolute atomic E-state index is 0.186. The maximum absolute atomic E-state index is 11.2.